The van der Waals surface area contributed by atoms with Gasteiger partial charge in [-0.05, 0) is 19.3 Å². The fourth-order valence-electron chi connectivity index (χ4n) is 3.66. The minimum Gasteiger partial charge on any atom is -0.448 e. The lowest BCUT2D eigenvalue weighted by molar-refractivity contribution is -0.131. The lowest BCUT2D eigenvalue weighted by Gasteiger charge is -2.29. The first-order valence-electron chi connectivity index (χ1n) is 8.84. The zero-order chi connectivity index (χ0) is 16.9. The summed E-state index contributed by atoms with van der Waals surface area (Å²) in [4.78, 5) is 41.1. The molecule has 0 radical (unpaired) electrons. The molecule has 134 valence electrons. The monoisotopic (exact) mass is 338 g/mol. The predicted octanol–water partition coefficient (Wildman–Crippen LogP) is -0.358. The van der Waals surface area contributed by atoms with Gasteiger partial charge in [0.25, 0.3) is 0 Å². The van der Waals surface area contributed by atoms with Crippen molar-refractivity contribution in [1.82, 2.24) is 20.0 Å². The van der Waals surface area contributed by atoms with Crippen LogP contribution in [0.3, 0.4) is 0 Å². The second kappa shape index (κ2) is 7.83. The molecule has 0 aromatic rings. The molecule has 0 aromatic heterocycles. The Kier molecular flexibility index (Phi) is 5.55. The Bertz CT molecular complexity index is 498. The van der Waals surface area contributed by atoms with Gasteiger partial charge in [0.1, 0.15) is 13.2 Å². The quantitative estimate of drug-likeness (QED) is 0.760. The summed E-state index contributed by atoms with van der Waals surface area (Å²) in [5.41, 5.74) is 0. The van der Waals surface area contributed by atoms with Crippen LogP contribution in [0.5, 0.6) is 0 Å². The van der Waals surface area contributed by atoms with E-state index in [2.05, 4.69) is 10.2 Å². The molecule has 3 heterocycles. The predicted molar refractivity (Wildman–Crippen MR) is 86.3 cm³/mol. The first-order valence-corrected chi connectivity index (χ1v) is 8.84. The zero-order valence-electron chi connectivity index (χ0n) is 14.0. The van der Waals surface area contributed by atoms with Gasteiger partial charge >= 0.3 is 6.09 Å². The maximum Gasteiger partial charge on any atom is 0.410 e. The van der Waals surface area contributed by atoms with Crippen molar-refractivity contribution in [2.45, 2.75) is 31.7 Å². The van der Waals surface area contributed by atoms with Gasteiger partial charge in [0.15, 0.2) is 0 Å². The summed E-state index contributed by atoms with van der Waals surface area (Å²) >= 11 is 0. The molecule has 3 aliphatic rings. The van der Waals surface area contributed by atoms with Crippen molar-refractivity contribution in [2.24, 2.45) is 0 Å². The number of carbonyl (C=O) groups is 3. The minimum absolute atomic E-state index is 0.00610. The molecule has 0 spiro atoms. The molecule has 3 rings (SSSR count). The number of ether oxygens (including phenoxy) is 1. The number of rotatable bonds is 3. The van der Waals surface area contributed by atoms with E-state index in [0.29, 0.717) is 32.2 Å². The Hall–Kier alpha value is -1.83. The van der Waals surface area contributed by atoms with Crippen LogP contribution in [0.4, 0.5) is 4.79 Å². The second-order valence-corrected chi connectivity index (χ2v) is 6.64. The van der Waals surface area contributed by atoms with Crippen molar-refractivity contribution in [3.05, 3.63) is 0 Å². The maximum atomic E-state index is 12.4. The summed E-state index contributed by atoms with van der Waals surface area (Å²) in [5.74, 6) is 0.134. The minimum atomic E-state index is -0.393. The van der Waals surface area contributed by atoms with Crippen LogP contribution in [0.15, 0.2) is 0 Å². The highest BCUT2D eigenvalue weighted by Gasteiger charge is 2.29. The molecule has 0 bridgehead atoms. The molecule has 3 fully saturated rings. The van der Waals surface area contributed by atoms with Crippen molar-refractivity contribution in [1.29, 1.82) is 0 Å². The Balaban J connectivity index is 1.50. The molecule has 0 aliphatic carbocycles. The number of hydrogen-bond donors (Lipinski definition) is 1. The van der Waals surface area contributed by atoms with E-state index in [4.69, 9.17) is 4.74 Å². The number of nitrogens with zero attached hydrogens (tertiary/aromatic N) is 3. The van der Waals surface area contributed by atoms with Gasteiger partial charge in [0.2, 0.25) is 11.8 Å². The van der Waals surface area contributed by atoms with Gasteiger partial charge in [-0.3, -0.25) is 19.4 Å². The molecule has 1 N–H and O–H groups in total. The van der Waals surface area contributed by atoms with Crippen LogP contribution in [0, 0.1) is 0 Å². The van der Waals surface area contributed by atoms with Gasteiger partial charge in [0, 0.05) is 45.2 Å². The summed E-state index contributed by atoms with van der Waals surface area (Å²) in [6.45, 7) is 4.90. The molecule has 3 amide bonds. The van der Waals surface area contributed by atoms with Gasteiger partial charge in [0.05, 0.1) is 6.54 Å². The van der Waals surface area contributed by atoms with Crippen molar-refractivity contribution >= 4 is 17.9 Å². The molecule has 8 nitrogen and oxygen atoms in total. The Morgan fingerprint density at radius 1 is 1.12 bits per heavy atom. The highest BCUT2D eigenvalue weighted by atomic mass is 16.6. The smallest absolute Gasteiger partial charge is 0.410 e. The topological polar surface area (TPSA) is 82.2 Å². The molecule has 3 aliphatic heterocycles. The molecule has 1 unspecified atom stereocenters. The van der Waals surface area contributed by atoms with Crippen LogP contribution in [0.1, 0.15) is 25.7 Å². The summed E-state index contributed by atoms with van der Waals surface area (Å²) in [6, 6.07) is 0.410. The molecular formula is C16H26N4O4. The summed E-state index contributed by atoms with van der Waals surface area (Å²) in [7, 11) is 0. The molecule has 0 aromatic carbocycles. The molecule has 1 atom stereocenters. The van der Waals surface area contributed by atoms with E-state index >= 15 is 0 Å². The SMILES string of the molecule is O=C1CCC(N2CCCN(C(=O)CN3CCOC3=O)CC2)CCN1. The van der Waals surface area contributed by atoms with Gasteiger partial charge in [-0.2, -0.15) is 0 Å². The Labute approximate surface area is 142 Å². The lowest BCUT2D eigenvalue weighted by Crippen LogP contribution is -2.43. The Morgan fingerprint density at radius 3 is 2.79 bits per heavy atom. The van der Waals surface area contributed by atoms with Crippen LogP contribution in [0.2, 0.25) is 0 Å². The highest BCUT2D eigenvalue weighted by molar-refractivity contribution is 5.83. The Morgan fingerprint density at radius 2 is 2.00 bits per heavy atom. The first-order chi connectivity index (χ1) is 11.6. The van der Waals surface area contributed by atoms with E-state index in [-0.39, 0.29) is 18.4 Å². The molecule has 3 saturated heterocycles. The van der Waals surface area contributed by atoms with Gasteiger partial charge in [-0.1, -0.05) is 0 Å². The van der Waals surface area contributed by atoms with Crippen LogP contribution >= 0.6 is 0 Å². The molecule has 8 heteroatoms. The van der Waals surface area contributed by atoms with Gasteiger partial charge < -0.3 is 15.0 Å². The molecule has 24 heavy (non-hydrogen) atoms. The zero-order valence-corrected chi connectivity index (χ0v) is 14.0. The van der Waals surface area contributed by atoms with Gasteiger partial charge in [-0.25, -0.2) is 4.79 Å². The van der Waals surface area contributed by atoms with Crippen molar-refractivity contribution in [2.75, 3.05) is 52.4 Å². The van der Waals surface area contributed by atoms with E-state index in [1.807, 2.05) is 4.90 Å². The summed E-state index contributed by atoms with van der Waals surface area (Å²) in [5, 5.41) is 2.92. The fraction of sp³-hybridized carbons (Fsp3) is 0.812. The van der Waals surface area contributed by atoms with Crippen molar-refractivity contribution < 1.29 is 19.1 Å². The average Bonchev–Trinajstić information content (AvgIpc) is 2.78. The second-order valence-electron chi connectivity index (χ2n) is 6.64. The first kappa shape index (κ1) is 17.0. The standard InChI is InChI=1S/C16H26N4O4/c21-14-3-2-13(4-5-17-14)18-6-1-7-19(9-8-18)15(22)12-20-10-11-24-16(20)23/h13H,1-12H2,(H,17,21). The van der Waals surface area contributed by atoms with E-state index in [0.717, 1.165) is 45.4 Å². The van der Waals surface area contributed by atoms with Crippen LogP contribution < -0.4 is 5.32 Å². The molecular weight excluding hydrogens is 312 g/mol. The largest absolute Gasteiger partial charge is 0.448 e. The third-order valence-electron chi connectivity index (χ3n) is 5.08. The number of nitrogens with one attached hydrogen (secondary N) is 1. The average molecular weight is 338 g/mol. The third-order valence-corrected chi connectivity index (χ3v) is 5.08. The highest BCUT2D eigenvalue weighted by Crippen LogP contribution is 2.16. The van der Waals surface area contributed by atoms with Gasteiger partial charge in [-0.15, -0.1) is 0 Å². The third kappa shape index (κ3) is 4.17. The fourth-order valence-corrected chi connectivity index (χ4v) is 3.66. The summed E-state index contributed by atoms with van der Waals surface area (Å²) in [6.07, 6.45) is 2.98. The van der Waals surface area contributed by atoms with E-state index < -0.39 is 6.09 Å². The summed E-state index contributed by atoms with van der Waals surface area (Å²) < 4.78 is 4.87. The normalized spacial score (nSPS) is 26.6. The van der Waals surface area contributed by atoms with E-state index in [1.165, 1.54) is 4.90 Å². The molecule has 0 saturated carbocycles. The van der Waals surface area contributed by atoms with Crippen LogP contribution in [0.25, 0.3) is 0 Å². The number of hydrogen-bond acceptors (Lipinski definition) is 5. The van der Waals surface area contributed by atoms with Crippen LogP contribution in [-0.2, 0) is 14.3 Å². The van der Waals surface area contributed by atoms with Crippen molar-refractivity contribution in [3.63, 3.8) is 0 Å². The maximum absolute atomic E-state index is 12.4. The van der Waals surface area contributed by atoms with E-state index in [1.54, 1.807) is 0 Å². The van der Waals surface area contributed by atoms with Crippen molar-refractivity contribution in [3.8, 4) is 0 Å². The number of carbonyl (C=O) groups excluding carboxylic acids is 3. The lowest BCUT2D eigenvalue weighted by atomic mass is 10.1. The number of amides is 3. The van der Waals surface area contributed by atoms with Crippen LogP contribution in [-0.4, -0.2) is 91.1 Å². The number of cyclic esters (lactones) is 1. The van der Waals surface area contributed by atoms with E-state index in [9.17, 15) is 14.4 Å².